The van der Waals surface area contributed by atoms with Crippen molar-refractivity contribution >= 4 is 16.7 Å². The molecule has 0 spiro atoms. The van der Waals surface area contributed by atoms with Crippen molar-refractivity contribution in [1.82, 2.24) is 19.9 Å². The second kappa shape index (κ2) is 8.30. The molecule has 4 heterocycles. The first-order valence-corrected chi connectivity index (χ1v) is 10.3. The summed E-state index contributed by atoms with van der Waals surface area (Å²) in [4.78, 5) is 27.1. The number of nitrogens with one attached hydrogen (secondary N) is 1. The van der Waals surface area contributed by atoms with Gasteiger partial charge in [-0.25, -0.2) is 4.98 Å². The molecule has 164 valence electrons. The number of pyridine rings is 3. The molecule has 0 amide bonds. The second-order valence-corrected chi connectivity index (χ2v) is 7.83. The van der Waals surface area contributed by atoms with E-state index in [2.05, 4.69) is 19.9 Å². The highest BCUT2D eigenvalue weighted by Crippen LogP contribution is 2.35. The maximum Gasteiger partial charge on any atom is 0.435 e. The van der Waals surface area contributed by atoms with E-state index in [1.54, 1.807) is 24.1 Å². The number of hydrogen-bond donors (Lipinski definition) is 1. The van der Waals surface area contributed by atoms with E-state index in [-0.39, 0.29) is 11.2 Å². The molecule has 1 aliphatic heterocycles. The zero-order chi connectivity index (χ0) is 22.2. The van der Waals surface area contributed by atoms with E-state index < -0.39 is 11.9 Å². The van der Waals surface area contributed by atoms with Crippen LogP contribution in [0.1, 0.15) is 29.4 Å². The molecule has 4 rings (SSSR count). The molecule has 0 bridgehead atoms. The molecule has 3 aromatic heterocycles. The topological polar surface area (TPSA) is 65.1 Å². The summed E-state index contributed by atoms with van der Waals surface area (Å²) in [6.07, 6.45) is -2.05. The van der Waals surface area contributed by atoms with Gasteiger partial charge in [-0.1, -0.05) is 6.92 Å². The molecule has 0 saturated carbocycles. The zero-order valence-corrected chi connectivity index (χ0v) is 17.5. The van der Waals surface area contributed by atoms with Gasteiger partial charge in [-0.2, -0.15) is 13.2 Å². The van der Waals surface area contributed by atoms with Gasteiger partial charge in [-0.15, -0.1) is 0 Å². The number of fused-ring (bicyclic) bond motifs is 1. The Bertz CT molecular complexity index is 1150. The lowest BCUT2D eigenvalue weighted by atomic mass is 10.1. The number of piperazine rings is 1. The predicted octanol–water partition coefficient (Wildman–Crippen LogP) is 3.53. The van der Waals surface area contributed by atoms with Crippen LogP contribution in [0.15, 0.2) is 35.3 Å². The smallest absolute Gasteiger partial charge is 0.367 e. The Morgan fingerprint density at radius 2 is 1.87 bits per heavy atom. The molecule has 0 radical (unpaired) electrons. The maximum atomic E-state index is 13.4. The Morgan fingerprint density at radius 3 is 2.55 bits per heavy atom. The molecule has 6 nitrogen and oxygen atoms in total. The minimum Gasteiger partial charge on any atom is -0.367 e. The van der Waals surface area contributed by atoms with Gasteiger partial charge >= 0.3 is 6.18 Å². The van der Waals surface area contributed by atoms with Crippen LogP contribution in [-0.2, 0) is 19.1 Å². The van der Waals surface area contributed by atoms with Gasteiger partial charge in [-0.05, 0) is 43.2 Å². The molecule has 0 atom stereocenters. The fraction of sp³-hybridized carbons (Fsp3) is 0.409. The average molecular weight is 431 g/mol. The Labute approximate surface area is 177 Å². The number of hydrogen-bond acceptors (Lipinski definition) is 5. The minimum absolute atomic E-state index is 0.102. The van der Waals surface area contributed by atoms with Gasteiger partial charge in [0.05, 0.1) is 16.7 Å². The summed E-state index contributed by atoms with van der Waals surface area (Å²) in [7, 11) is 0. The van der Waals surface area contributed by atoms with Crippen LogP contribution in [0.5, 0.6) is 0 Å². The molecule has 0 unspecified atom stereocenters. The summed E-state index contributed by atoms with van der Waals surface area (Å²) in [5, 5.41) is 0. The highest BCUT2D eigenvalue weighted by atomic mass is 19.4. The van der Waals surface area contributed by atoms with Crippen molar-refractivity contribution in [3.8, 4) is 0 Å². The molecule has 0 aliphatic carbocycles. The molecule has 1 saturated heterocycles. The van der Waals surface area contributed by atoms with Crippen molar-refractivity contribution < 1.29 is 13.2 Å². The van der Waals surface area contributed by atoms with Gasteiger partial charge < -0.3 is 9.88 Å². The van der Waals surface area contributed by atoms with Crippen molar-refractivity contribution in [3.05, 3.63) is 63.3 Å². The highest BCUT2D eigenvalue weighted by molar-refractivity contribution is 5.74. The Balaban J connectivity index is 1.46. The molecule has 1 N–H and O–H groups in total. The number of H-pyrrole nitrogens is 1. The van der Waals surface area contributed by atoms with Crippen LogP contribution < -0.4 is 10.5 Å². The summed E-state index contributed by atoms with van der Waals surface area (Å²) in [5.41, 5.74) is 2.65. The monoisotopic (exact) mass is 431 g/mol. The Kier molecular flexibility index (Phi) is 5.70. The third-order valence-electron chi connectivity index (χ3n) is 5.61. The molecule has 1 fully saturated rings. The summed E-state index contributed by atoms with van der Waals surface area (Å²) in [6, 6.07) is 6.85. The van der Waals surface area contributed by atoms with Gasteiger partial charge in [0.1, 0.15) is 0 Å². The van der Waals surface area contributed by atoms with E-state index in [0.29, 0.717) is 55.9 Å². The second-order valence-electron chi connectivity index (χ2n) is 7.83. The number of rotatable bonds is 4. The lowest BCUT2D eigenvalue weighted by Crippen LogP contribution is -2.46. The number of alkyl halides is 3. The first-order chi connectivity index (χ1) is 14.7. The molecule has 0 aromatic carbocycles. The third kappa shape index (κ3) is 4.56. The van der Waals surface area contributed by atoms with Crippen LogP contribution in [-0.4, -0.2) is 46.0 Å². The number of aryl methyl sites for hydroxylation is 2. The van der Waals surface area contributed by atoms with Crippen LogP contribution in [0.25, 0.3) is 11.0 Å². The maximum absolute atomic E-state index is 13.4. The molecule has 1 aliphatic rings. The van der Waals surface area contributed by atoms with E-state index in [4.69, 9.17) is 0 Å². The Morgan fingerprint density at radius 1 is 1.13 bits per heavy atom. The van der Waals surface area contributed by atoms with Crippen LogP contribution >= 0.6 is 0 Å². The van der Waals surface area contributed by atoms with Crippen LogP contribution in [0.4, 0.5) is 18.9 Å². The predicted molar refractivity (Wildman–Crippen MR) is 113 cm³/mol. The van der Waals surface area contributed by atoms with Crippen molar-refractivity contribution in [2.75, 3.05) is 31.1 Å². The first kappa shape index (κ1) is 21.3. The normalized spacial score (nSPS) is 15.6. The molecular formula is C22H24F3N5O. The summed E-state index contributed by atoms with van der Waals surface area (Å²) in [5.74, 6) is 0. The van der Waals surface area contributed by atoms with Crippen molar-refractivity contribution in [2.45, 2.75) is 33.0 Å². The lowest BCUT2D eigenvalue weighted by Gasteiger charge is -2.36. The summed E-state index contributed by atoms with van der Waals surface area (Å²) in [6.45, 7) is 6.30. The fourth-order valence-electron chi connectivity index (χ4n) is 3.93. The number of halogens is 3. The van der Waals surface area contributed by atoms with Gasteiger partial charge in [-0.3, -0.25) is 14.7 Å². The van der Waals surface area contributed by atoms with E-state index in [1.165, 1.54) is 6.07 Å². The van der Waals surface area contributed by atoms with Crippen molar-refractivity contribution in [3.63, 3.8) is 0 Å². The Hall–Kier alpha value is -2.94. The SMILES string of the molecule is CCc1cc2ncc(CN3CCN(c4ccc(C)nc4C(F)(F)F)CC3)cc2[nH]c1=O. The molecule has 31 heavy (non-hydrogen) atoms. The molecular weight excluding hydrogens is 407 g/mol. The fourth-order valence-corrected chi connectivity index (χ4v) is 3.93. The number of aromatic amines is 1. The molecule has 9 heteroatoms. The standard InChI is InChI=1S/C22H24F3N5O/c1-3-16-11-17-18(28-21(16)31)10-15(12-26-17)13-29-6-8-30(9-7-29)19-5-4-14(2)27-20(19)22(23,24)25/h4-5,10-12H,3,6-9,13H2,1-2H3,(H,28,31). The number of nitrogens with zero attached hydrogens (tertiary/aromatic N) is 4. The third-order valence-corrected chi connectivity index (χ3v) is 5.61. The highest BCUT2D eigenvalue weighted by Gasteiger charge is 2.37. The summed E-state index contributed by atoms with van der Waals surface area (Å²) >= 11 is 0. The van der Waals surface area contributed by atoms with Crippen molar-refractivity contribution in [1.29, 1.82) is 0 Å². The van der Waals surface area contributed by atoms with E-state index in [1.807, 2.05) is 19.1 Å². The quantitative estimate of drug-likeness (QED) is 0.685. The lowest BCUT2D eigenvalue weighted by molar-refractivity contribution is -0.140. The van der Waals surface area contributed by atoms with E-state index in [0.717, 1.165) is 11.1 Å². The molecule has 3 aromatic rings. The minimum atomic E-state index is -4.48. The number of aromatic nitrogens is 3. The van der Waals surface area contributed by atoms with E-state index in [9.17, 15) is 18.0 Å². The van der Waals surface area contributed by atoms with Crippen molar-refractivity contribution in [2.24, 2.45) is 0 Å². The van der Waals surface area contributed by atoms with E-state index >= 15 is 0 Å². The van der Waals surface area contributed by atoms with Crippen LogP contribution in [0.2, 0.25) is 0 Å². The largest absolute Gasteiger partial charge is 0.435 e. The van der Waals surface area contributed by atoms with Crippen LogP contribution in [0.3, 0.4) is 0 Å². The van der Waals surface area contributed by atoms with Gasteiger partial charge in [0, 0.05) is 50.2 Å². The first-order valence-electron chi connectivity index (χ1n) is 10.3. The average Bonchev–Trinajstić information content (AvgIpc) is 2.73. The summed E-state index contributed by atoms with van der Waals surface area (Å²) < 4.78 is 40.3. The van der Waals surface area contributed by atoms with Gasteiger partial charge in [0.2, 0.25) is 0 Å². The number of anilines is 1. The van der Waals surface area contributed by atoms with Gasteiger partial charge in [0.15, 0.2) is 5.69 Å². The zero-order valence-electron chi connectivity index (χ0n) is 17.5. The van der Waals surface area contributed by atoms with Crippen LogP contribution in [0, 0.1) is 6.92 Å². The van der Waals surface area contributed by atoms with Gasteiger partial charge in [0.25, 0.3) is 5.56 Å².